The fourth-order valence-electron chi connectivity index (χ4n) is 19.3. The van der Waals surface area contributed by atoms with E-state index in [-0.39, 0.29) is 102 Å². The number of ether oxygens (including phenoxy) is 4. The van der Waals surface area contributed by atoms with Crippen molar-refractivity contribution in [1.29, 1.82) is 10.5 Å². The van der Waals surface area contributed by atoms with E-state index in [2.05, 4.69) is 302 Å². The van der Waals surface area contributed by atoms with Gasteiger partial charge in [-0.05, 0) is 180 Å². The Morgan fingerprint density at radius 3 is 1.31 bits per heavy atom. The van der Waals surface area contributed by atoms with Crippen LogP contribution >= 0.6 is 0 Å². The third-order valence-electron chi connectivity index (χ3n) is 24.9. The van der Waals surface area contributed by atoms with E-state index in [0.29, 0.717) is 69.8 Å². The van der Waals surface area contributed by atoms with E-state index >= 15 is 0 Å². The summed E-state index contributed by atoms with van der Waals surface area (Å²) in [5, 5.41) is 47.5. The summed E-state index contributed by atoms with van der Waals surface area (Å²) in [5.74, 6) is -1.99. The highest BCUT2D eigenvalue weighted by molar-refractivity contribution is 6.19. The first-order valence-electron chi connectivity index (χ1n) is 42.9. The number of carbonyl (C=O) groups is 6. The maximum Gasteiger partial charge on any atom is 0.310 e. The lowest BCUT2D eigenvalue weighted by Gasteiger charge is -2.31. The number of halogens is 3. The van der Waals surface area contributed by atoms with E-state index in [0.717, 1.165) is 78.8 Å². The summed E-state index contributed by atoms with van der Waals surface area (Å²) >= 11 is 0. The number of para-hydroxylation sites is 1. The number of anilines is 2. The van der Waals surface area contributed by atoms with Crippen LogP contribution in [0.25, 0.3) is 64.6 Å². The van der Waals surface area contributed by atoms with Crippen molar-refractivity contribution in [2.45, 2.75) is 103 Å². The number of allylic oxidation sites excluding steroid dienone is 9. The number of benzene rings is 13. The number of esters is 2. The van der Waals surface area contributed by atoms with Gasteiger partial charge in [0.25, 0.3) is 19.4 Å². The van der Waals surface area contributed by atoms with E-state index < -0.39 is 28.7 Å². The molecule has 13 aromatic carbocycles. The van der Waals surface area contributed by atoms with E-state index in [4.69, 9.17) is 14.2 Å². The summed E-state index contributed by atoms with van der Waals surface area (Å²) in [6, 6.07) is 95.0. The van der Waals surface area contributed by atoms with Crippen LogP contribution in [0.5, 0.6) is 0 Å². The largest absolute Gasteiger partial charge is 1.00 e. The first-order valence-corrected chi connectivity index (χ1v) is 42.9. The predicted octanol–water partition coefficient (Wildman–Crippen LogP) is 12.4. The molecular weight excluding hydrogens is 1980 g/mol. The van der Waals surface area contributed by atoms with Gasteiger partial charge in [0.2, 0.25) is 17.1 Å². The van der Waals surface area contributed by atoms with Gasteiger partial charge in [-0.25, -0.2) is 0 Å². The van der Waals surface area contributed by atoms with Gasteiger partial charge in [0, 0.05) is 90.1 Å². The lowest BCUT2D eigenvalue weighted by Crippen LogP contribution is -3.00. The number of carbonyl (C=O) groups excluding carboxylic acids is 5. The van der Waals surface area contributed by atoms with Crippen molar-refractivity contribution in [3.8, 4) is 12.1 Å². The highest BCUT2D eigenvalue weighted by Crippen LogP contribution is 2.57. The van der Waals surface area contributed by atoms with Crippen molar-refractivity contribution in [1.82, 2.24) is 0 Å². The Kier molecular flexibility index (Phi) is 33.1. The summed E-state index contributed by atoms with van der Waals surface area (Å²) in [6.07, 6.45) is 14.9. The molecule has 131 heavy (non-hydrogen) atoms. The first-order chi connectivity index (χ1) is 62.0. The summed E-state index contributed by atoms with van der Waals surface area (Å²) < 4.78 is 26.1. The fraction of sp³-hybridized carbons (Fsp3) is 0.209. The molecule has 0 amide bonds. The van der Waals surface area contributed by atoms with E-state index in [9.17, 15) is 44.4 Å². The Bertz CT molecular complexity index is 6870. The van der Waals surface area contributed by atoms with Crippen LogP contribution in [-0.4, -0.2) is 119 Å². The minimum atomic E-state index is -0.866. The minimum absolute atomic E-state index is 0. The second kappa shape index (κ2) is 44.0. The highest BCUT2D eigenvalue weighted by Gasteiger charge is 2.51. The van der Waals surface area contributed by atoms with Crippen molar-refractivity contribution in [2.75, 3.05) is 56.2 Å². The monoisotopic (exact) mass is 2080 g/mol. The lowest BCUT2D eigenvalue weighted by atomic mass is 9.73. The summed E-state index contributed by atoms with van der Waals surface area (Å²) in [7, 11) is 0. The molecule has 0 saturated heterocycles. The van der Waals surface area contributed by atoms with Gasteiger partial charge < -0.3 is 106 Å². The molecule has 13 aromatic rings. The number of carboxylic acids is 1. The minimum Gasteiger partial charge on any atom is -1.00 e. The van der Waals surface area contributed by atoms with Crippen LogP contribution in [-0.2, 0) is 82.2 Å². The van der Waals surface area contributed by atoms with Gasteiger partial charge in [0.15, 0.2) is 36.8 Å². The Morgan fingerprint density at radius 2 is 0.840 bits per heavy atom. The second-order valence-corrected chi connectivity index (χ2v) is 33.5. The van der Waals surface area contributed by atoms with Gasteiger partial charge in [-0.3, -0.25) is 28.8 Å². The maximum atomic E-state index is 11.8. The normalized spacial score (nSPS) is 16.3. The number of hydrogen-bond acceptors (Lipinski definition) is 14. The molecule has 17 rings (SSSR count). The number of hydrogen-bond donors (Lipinski definition) is 2. The van der Waals surface area contributed by atoms with Crippen molar-refractivity contribution in [3.05, 3.63) is 354 Å². The molecule has 4 heterocycles. The Morgan fingerprint density at radius 1 is 0.443 bits per heavy atom. The first kappa shape index (κ1) is 98.5. The van der Waals surface area contributed by atoms with E-state index in [1.807, 2.05) is 85.0 Å². The molecule has 0 radical (unpaired) electrons. The zero-order valence-electron chi connectivity index (χ0n) is 74.5. The molecule has 0 fully saturated rings. The molecule has 0 aromatic heterocycles. The van der Waals surface area contributed by atoms with Crippen LogP contribution in [0.15, 0.2) is 320 Å². The van der Waals surface area contributed by atoms with Gasteiger partial charge in [0.05, 0.1) is 51.1 Å². The molecule has 0 saturated carbocycles. The molecule has 4 aliphatic heterocycles. The molecule has 664 valence electrons. The highest BCUT2D eigenvalue weighted by atomic mass is 127. The van der Waals surface area contributed by atoms with Crippen LogP contribution in [0.2, 0.25) is 0 Å². The Hall–Kier alpha value is -13.1. The van der Waals surface area contributed by atoms with Crippen molar-refractivity contribution < 1.29 is 138 Å². The van der Waals surface area contributed by atoms with Gasteiger partial charge in [-0.15, -0.1) is 0 Å². The molecule has 2 N–H and O–H groups in total. The number of nitrogens with zero attached hydrogens (tertiary/aromatic N) is 6. The quantitative estimate of drug-likeness (QED) is 0.00490. The zero-order valence-corrected chi connectivity index (χ0v) is 81.0. The summed E-state index contributed by atoms with van der Waals surface area (Å²) in [5.41, 5.74) is 16.5. The van der Waals surface area contributed by atoms with Gasteiger partial charge in [-0.1, -0.05) is 218 Å². The Balaban J connectivity index is 0.000000192. The lowest BCUT2D eigenvalue weighted by molar-refractivity contribution is -0.440. The molecule has 0 aliphatic carbocycles. The average molecular weight is 2080 g/mol. The molecule has 0 bridgehead atoms. The maximum absolute atomic E-state index is 11.8. The molecule has 2 unspecified atom stereocenters. The number of carboxylic acid groups (broad SMARTS) is 1. The molecule has 0 spiro atoms. The molecular formula is C110H102I3N7O11. The number of nitriles is 2. The second-order valence-electron chi connectivity index (χ2n) is 33.5. The summed E-state index contributed by atoms with van der Waals surface area (Å²) in [4.78, 5) is 66.7. The SMILES string of the molecule is CC(=O)OC(C)=O.CC1(C)C(/C=C/C(C#N)=C/Nc2ccccc2)=[N+](CCOC=O)c2ccc3ccccc3c21.CC1(C)C(C=CC(C#N)=CC=C2N(CCOC=O)c3c(c4ccccc4c4ccccc34)C2(C)Cc2ccccc2)=[N+](CCC(=O)O)c2ccc3ccccc3c21.CC1=[N+](CCOC=O)c2c(c3ccccc3c3ccccc23)C1(C)Cc1ccccc1.[I-].[I-].[I-]. The predicted molar refractivity (Wildman–Crippen MR) is 509 cm³/mol. The summed E-state index contributed by atoms with van der Waals surface area (Å²) in [6.45, 7) is 22.2. The molecule has 2 atom stereocenters. The van der Waals surface area contributed by atoms with E-state index in [1.165, 1.54) is 90.8 Å². The van der Waals surface area contributed by atoms with Crippen molar-refractivity contribution >= 4 is 148 Å². The number of nitrogens with one attached hydrogen (secondary N) is 1. The fourth-order valence-corrected chi connectivity index (χ4v) is 19.3. The zero-order chi connectivity index (χ0) is 90.3. The number of rotatable bonds is 26. The van der Waals surface area contributed by atoms with Gasteiger partial charge in [0.1, 0.15) is 32.3 Å². The standard InChI is InChI=1S/C50H43N3O4.C28H25N3O2.C28H26NO2.C4H6O3.3HI/c1-49(2)43(52(28-27-45(55)56)42-24-23-36-15-7-8-16-37(36)46(42)49)25-21-35(32-51)22-26-44-50(3,31-34-13-5-4-6-14-34)47-40-19-11-9-17-38(40)39-18-10-12-20-41(39)48(47)53(44)29-30-57-33-54;1-28(2)26(15-12-21(18-29)19-30-23-9-4-3-5-10-23)31(16-17-33-20-32)25-14-13-22-8-6-7-11-24(22)27(25)28;1-20-28(2,18-21-10-4-3-5-11-21)26-24-14-8-6-12-22(24)23-13-7-9-15-25(23)27(26)29(20)16-17-31-19-30;1-3(5)7-4(2)6;;;/h4-26,33H,27-31H2,1-3H3;3-15,19-20H,16-17H2,1-2H3;3-15,19H,16-18H2,1-2H3;1-2H3;3*1H/q;;+1;;;;/p-1. The van der Waals surface area contributed by atoms with Crippen LogP contribution in [0.1, 0.15) is 102 Å². The smallest absolute Gasteiger partial charge is 0.310 e. The van der Waals surface area contributed by atoms with Crippen LogP contribution in [0, 0.1) is 22.7 Å². The van der Waals surface area contributed by atoms with Crippen LogP contribution < -0.4 is 82.1 Å². The molecule has 21 heteroatoms. The topological polar surface area (TPSA) is 231 Å². The third-order valence-corrected chi connectivity index (χ3v) is 24.9. The van der Waals surface area contributed by atoms with Crippen molar-refractivity contribution in [2.24, 2.45) is 0 Å². The van der Waals surface area contributed by atoms with Crippen molar-refractivity contribution in [3.63, 3.8) is 0 Å². The van der Waals surface area contributed by atoms with Crippen LogP contribution in [0.4, 0.5) is 28.4 Å². The number of aliphatic carboxylic acids is 1. The molecule has 4 aliphatic rings. The van der Waals surface area contributed by atoms with Crippen LogP contribution in [0.3, 0.4) is 0 Å². The Labute approximate surface area is 815 Å². The van der Waals surface area contributed by atoms with Gasteiger partial charge >= 0.3 is 17.9 Å². The third kappa shape index (κ3) is 20.7. The number of fused-ring (bicyclic) bond motifs is 18. The van der Waals surface area contributed by atoms with Gasteiger partial charge in [-0.2, -0.15) is 24.3 Å². The average Bonchev–Trinajstić information content (AvgIpc) is 1.55. The molecule has 18 nitrogen and oxygen atoms in total. The van der Waals surface area contributed by atoms with E-state index in [1.54, 1.807) is 6.20 Å².